The molecule has 2 unspecified atom stereocenters. The number of thioether (sulfide) groups is 1. The molecule has 2 aliphatic heterocycles. The second-order valence-electron chi connectivity index (χ2n) is 10.6. The van der Waals surface area contributed by atoms with Crippen LogP contribution in [0.25, 0.3) is 10.8 Å². The molecule has 13 heteroatoms. The molecule has 0 radical (unpaired) electrons. The molecule has 4 aromatic carbocycles. The Morgan fingerprint density at radius 3 is 2.40 bits per heavy atom. The smallest absolute Gasteiger partial charge is 0.308 e. The third-order valence-electron chi connectivity index (χ3n) is 7.91. The Morgan fingerprint density at radius 1 is 0.911 bits per heavy atom. The molecule has 10 nitrogen and oxygen atoms in total. The van der Waals surface area contributed by atoms with E-state index in [4.69, 9.17) is 0 Å². The van der Waals surface area contributed by atoms with E-state index in [-0.39, 0.29) is 22.8 Å². The SMILES string of the molecule is O=C(Cn1c2c(sc1=O)[C@H](c1cccc(Br)c1)C1C(=O)N(c3ccc([N+](=O)[O-])cc3)C(=O)C1S2)Nc1ccc2ccccc2c1. The van der Waals surface area contributed by atoms with E-state index < -0.39 is 39.7 Å². The van der Waals surface area contributed by atoms with Gasteiger partial charge >= 0.3 is 4.87 Å². The number of thiazole rings is 1. The van der Waals surface area contributed by atoms with E-state index in [0.717, 1.165) is 48.8 Å². The number of nitrogens with zero attached hydrogens (tertiary/aromatic N) is 3. The number of imide groups is 1. The van der Waals surface area contributed by atoms with Crippen molar-refractivity contribution in [3.63, 3.8) is 0 Å². The molecule has 0 spiro atoms. The fraction of sp³-hybridized carbons (Fsp3) is 0.125. The van der Waals surface area contributed by atoms with Gasteiger partial charge in [-0.3, -0.25) is 33.9 Å². The van der Waals surface area contributed by atoms with Crippen LogP contribution in [0.4, 0.5) is 17.1 Å². The molecule has 3 heterocycles. The van der Waals surface area contributed by atoms with Gasteiger partial charge in [0.25, 0.3) is 5.69 Å². The third kappa shape index (κ3) is 5.16. The molecule has 0 bridgehead atoms. The molecule has 0 saturated carbocycles. The molecular formula is C32H21BrN4O6S2. The lowest BCUT2D eigenvalue weighted by molar-refractivity contribution is -0.384. The summed E-state index contributed by atoms with van der Waals surface area (Å²) in [6, 6.07) is 26.0. The van der Waals surface area contributed by atoms with Crippen LogP contribution < -0.4 is 15.1 Å². The Bertz CT molecular complexity index is 2110. The third-order valence-corrected chi connectivity index (χ3v) is 11.0. The number of fused-ring (bicyclic) bond motifs is 3. The first-order chi connectivity index (χ1) is 21.7. The molecule has 1 fully saturated rings. The summed E-state index contributed by atoms with van der Waals surface area (Å²) >= 11 is 5.57. The van der Waals surface area contributed by atoms with E-state index in [1.54, 1.807) is 6.07 Å². The number of carbonyl (C=O) groups excluding carboxylic acids is 3. The van der Waals surface area contributed by atoms with E-state index >= 15 is 0 Å². The number of hydrogen-bond acceptors (Lipinski definition) is 8. The molecule has 1 aromatic heterocycles. The van der Waals surface area contributed by atoms with Crippen LogP contribution in [0.5, 0.6) is 0 Å². The maximum atomic E-state index is 14.0. The molecule has 1 saturated heterocycles. The number of nitrogens with one attached hydrogen (secondary N) is 1. The minimum atomic E-state index is -0.882. The van der Waals surface area contributed by atoms with Gasteiger partial charge in [-0.25, -0.2) is 4.90 Å². The summed E-state index contributed by atoms with van der Waals surface area (Å²) in [6.07, 6.45) is 0. The zero-order valence-electron chi connectivity index (χ0n) is 23.1. The van der Waals surface area contributed by atoms with Gasteiger partial charge in [-0.1, -0.05) is 81.5 Å². The second kappa shape index (κ2) is 11.4. The number of nitro groups is 1. The van der Waals surface area contributed by atoms with Gasteiger partial charge in [0.1, 0.15) is 11.8 Å². The number of hydrogen-bond donors (Lipinski definition) is 1. The van der Waals surface area contributed by atoms with Crippen LogP contribution in [0.15, 0.2) is 105 Å². The van der Waals surface area contributed by atoms with Gasteiger partial charge in [-0.05, 0) is 52.7 Å². The molecular weight excluding hydrogens is 680 g/mol. The summed E-state index contributed by atoms with van der Waals surface area (Å²) in [6.45, 7) is -0.276. The molecule has 7 rings (SSSR count). The van der Waals surface area contributed by atoms with E-state index in [1.807, 2.05) is 60.7 Å². The van der Waals surface area contributed by atoms with Crippen LogP contribution in [-0.4, -0.2) is 32.5 Å². The Hall–Kier alpha value is -4.59. The van der Waals surface area contributed by atoms with E-state index in [0.29, 0.717) is 15.6 Å². The Balaban J connectivity index is 1.25. The van der Waals surface area contributed by atoms with E-state index in [2.05, 4.69) is 21.2 Å². The van der Waals surface area contributed by atoms with Crippen molar-refractivity contribution >= 4 is 84.6 Å². The number of non-ortho nitro benzene ring substituents is 1. The maximum absolute atomic E-state index is 14.0. The lowest BCUT2D eigenvalue weighted by Crippen LogP contribution is -2.33. The summed E-state index contributed by atoms with van der Waals surface area (Å²) in [5.74, 6) is -2.82. The van der Waals surface area contributed by atoms with Crippen molar-refractivity contribution in [2.24, 2.45) is 5.92 Å². The molecule has 0 aliphatic carbocycles. The highest BCUT2D eigenvalue weighted by Gasteiger charge is 2.56. The summed E-state index contributed by atoms with van der Waals surface area (Å²) < 4.78 is 2.14. The molecule has 5 aromatic rings. The number of rotatable bonds is 6. The van der Waals surface area contributed by atoms with Crippen molar-refractivity contribution in [3.8, 4) is 0 Å². The monoisotopic (exact) mass is 700 g/mol. The van der Waals surface area contributed by atoms with Crippen molar-refractivity contribution in [1.29, 1.82) is 0 Å². The lowest BCUT2D eigenvalue weighted by atomic mass is 9.83. The largest absolute Gasteiger partial charge is 0.325 e. The van der Waals surface area contributed by atoms with Gasteiger partial charge in [0, 0.05) is 33.1 Å². The average molecular weight is 702 g/mol. The minimum absolute atomic E-state index is 0.162. The summed E-state index contributed by atoms with van der Waals surface area (Å²) in [7, 11) is 0. The molecule has 3 atom stereocenters. The fourth-order valence-corrected chi connectivity index (χ4v) is 9.09. The van der Waals surface area contributed by atoms with Crippen molar-refractivity contribution in [2.75, 3.05) is 10.2 Å². The summed E-state index contributed by atoms with van der Waals surface area (Å²) in [5.41, 5.74) is 1.39. The highest BCUT2D eigenvalue weighted by Crippen LogP contribution is 2.54. The first-order valence-corrected chi connectivity index (χ1v) is 16.2. The number of aromatic nitrogens is 1. The Labute approximate surface area is 271 Å². The normalized spacial score (nSPS) is 19.0. The predicted molar refractivity (Wildman–Crippen MR) is 176 cm³/mol. The minimum Gasteiger partial charge on any atom is -0.325 e. The number of carbonyl (C=O) groups is 3. The van der Waals surface area contributed by atoms with Crippen LogP contribution in [-0.2, 0) is 20.9 Å². The lowest BCUT2D eigenvalue weighted by Gasteiger charge is -2.30. The molecule has 224 valence electrons. The topological polar surface area (TPSA) is 132 Å². The Morgan fingerprint density at radius 2 is 1.67 bits per heavy atom. The maximum Gasteiger partial charge on any atom is 0.308 e. The average Bonchev–Trinajstić information content (AvgIpc) is 3.47. The Kier molecular flexibility index (Phi) is 7.38. The zero-order chi connectivity index (χ0) is 31.4. The molecule has 45 heavy (non-hydrogen) atoms. The van der Waals surface area contributed by atoms with E-state index in [1.165, 1.54) is 28.8 Å². The van der Waals surface area contributed by atoms with Crippen LogP contribution >= 0.6 is 39.0 Å². The van der Waals surface area contributed by atoms with Crippen molar-refractivity contribution in [3.05, 3.63) is 126 Å². The number of anilines is 2. The van der Waals surface area contributed by atoms with Crippen LogP contribution in [0, 0.1) is 16.0 Å². The quantitative estimate of drug-likeness (QED) is 0.127. The van der Waals surface area contributed by atoms with Gasteiger partial charge in [0.15, 0.2) is 0 Å². The summed E-state index contributed by atoms with van der Waals surface area (Å²) in [5, 5.41) is 15.6. The number of amides is 3. The number of halogens is 1. The van der Waals surface area contributed by atoms with Crippen LogP contribution in [0.2, 0.25) is 0 Å². The molecule has 2 aliphatic rings. The standard InChI is InChI=1S/C32H21BrN4O6S2/c33-20-7-3-6-19(14-20)25-26-27(30(40)36(29(26)39)22-10-12-23(13-11-22)37(42)43)44-31-28(25)45-32(41)35(31)16-24(38)34-21-9-8-17-4-1-2-5-18(17)15-21/h1-15,25-27H,16H2,(H,34,38)/t25-,26?,27?/m1/s1. The van der Waals surface area contributed by atoms with Gasteiger partial charge < -0.3 is 5.32 Å². The fourth-order valence-electron chi connectivity index (χ4n) is 5.90. The van der Waals surface area contributed by atoms with Crippen molar-refractivity contribution in [2.45, 2.75) is 22.7 Å². The van der Waals surface area contributed by atoms with Gasteiger partial charge in [-0.15, -0.1) is 0 Å². The van der Waals surface area contributed by atoms with Gasteiger partial charge in [0.2, 0.25) is 17.7 Å². The van der Waals surface area contributed by atoms with Crippen molar-refractivity contribution in [1.82, 2.24) is 4.57 Å². The van der Waals surface area contributed by atoms with Crippen LogP contribution in [0.1, 0.15) is 16.4 Å². The zero-order valence-corrected chi connectivity index (χ0v) is 26.3. The number of benzene rings is 4. The first-order valence-electron chi connectivity index (χ1n) is 13.8. The predicted octanol–water partition coefficient (Wildman–Crippen LogP) is 6.17. The van der Waals surface area contributed by atoms with Crippen molar-refractivity contribution < 1.29 is 19.3 Å². The highest BCUT2D eigenvalue weighted by molar-refractivity contribution is 9.10. The summed E-state index contributed by atoms with van der Waals surface area (Å²) in [4.78, 5) is 66.5. The number of nitro benzene ring substituents is 1. The second-order valence-corrected chi connectivity index (χ2v) is 13.7. The van der Waals surface area contributed by atoms with Gasteiger partial charge in [-0.2, -0.15) is 0 Å². The van der Waals surface area contributed by atoms with Gasteiger partial charge in [0.05, 0.1) is 21.6 Å². The molecule has 3 amide bonds. The van der Waals surface area contributed by atoms with E-state index in [9.17, 15) is 29.3 Å². The first kappa shape index (κ1) is 29.1. The molecule has 1 N–H and O–H groups in total. The highest BCUT2D eigenvalue weighted by atomic mass is 79.9. The van der Waals surface area contributed by atoms with Crippen LogP contribution in [0.3, 0.4) is 0 Å².